The van der Waals surface area contributed by atoms with E-state index in [1.165, 1.54) is 22.5 Å². The highest BCUT2D eigenvalue weighted by molar-refractivity contribution is 9.10. The minimum atomic E-state index is 0.772. The number of benzene rings is 1. The van der Waals surface area contributed by atoms with Crippen LogP contribution in [0, 0.1) is 6.92 Å². The molecule has 0 saturated carbocycles. The first-order valence-electron chi connectivity index (χ1n) is 4.51. The van der Waals surface area contributed by atoms with E-state index in [-0.39, 0.29) is 0 Å². The maximum atomic E-state index is 3.92. The van der Waals surface area contributed by atoms with Gasteiger partial charge in [0, 0.05) is 11.0 Å². The second-order valence-corrected chi connectivity index (χ2v) is 4.87. The number of nitrogens with zero attached hydrogens (tertiary/aromatic N) is 2. The van der Waals surface area contributed by atoms with E-state index in [9.17, 15) is 0 Å². The molecule has 0 aliphatic carbocycles. The zero-order valence-corrected chi connectivity index (χ0v) is 10.6. The Morgan fingerprint density at radius 3 is 3.00 bits per heavy atom. The van der Waals surface area contributed by atoms with Gasteiger partial charge in [0.2, 0.25) is 5.13 Å². The lowest BCUT2D eigenvalue weighted by molar-refractivity contribution is 1.05. The topological polar surface area (TPSA) is 37.8 Å². The molecule has 0 saturated heterocycles. The van der Waals surface area contributed by atoms with Crippen LogP contribution in [0.1, 0.15) is 11.1 Å². The zero-order chi connectivity index (χ0) is 10.7. The van der Waals surface area contributed by atoms with Crippen molar-refractivity contribution >= 4 is 32.4 Å². The summed E-state index contributed by atoms with van der Waals surface area (Å²) >= 11 is 5.02. The molecular weight excluding hydrogens is 274 g/mol. The molecule has 0 radical (unpaired) electrons. The first-order chi connectivity index (χ1) is 7.25. The fourth-order valence-electron chi connectivity index (χ4n) is 1.17. The lowest BCUT2D eigenvalue weighted by Gasteiger charge is -2.04. The monoisotopic (exact) mass is 283 g/mol. The van der Waals surface area contributed by atoms with Gasteiger partial charge in [0.15, 0.2) is 0 Å². The fourth-order valence-corrected chi connectivity index (χ4v) is 2.04. The van der Waals surface area contributed by atoms with E-state index in [2.05, 4.69) is 56.6 Å². The van der Waals surface area contributed by atoms with Crippen molar-refractivity contribution in [3.05, 3.63) is 39.3 Å². The molecule has 0 amide bonds. The number of rotatable bonds is 3. The summed E-state index contributed by atoms with van der Waals surface area (Å²) < 4.78 is 1.14. The van der Waals surface area contributed by atoms with Crippen LogP contribution in [-0.4, -0.2) is 10.2 Å². The number of nitrogens with one attached hydrogen (secondary N) is 1. The molecule has 0 aliphatic rings. The molecule has 0 aliphatic heterocycles. The Balaban J connectivity index is 2.02. The van der Waals surface area contributed by atoms with Crippen molar-refractivity contribution in [2.24, 2.45) is 0 Å². The number of aromatic nitrogens is 2. The van der Waals surface area contributed by atoms with Crippen LogP contribution in [0.5, 0.6) is 0 Å². The standard InChI is InChI=1S/C10H10BrN3S/c1-7-2-3-8(4-9(7)11)5-12-10-14-13-6-15-10/h2-4,6H,5H2,1H3,(H,12,14). The van der Waals surface area contributed by atoms with E-state index >= 15 is 0 Å². The van der Waals surface area contributed by atoms with Crippen molar-refractivity contribution in [3.63, 3.8) is 0 Å². The quantitative estimate of drug-likeness (QED) is 0.940. The first kappa shape index (κ1) is 10.6. The van der Waals surface area contributed by atoms with Gasteiger partial charge >= 0.3 is 0 Å². The third kappa shape index (κ3) is 2.76. The van der Waals surface area contributed by atoms with Crippen LogP contribution >= 0.6 is 27.3 Å². The van der Waals surface area contributed by atoms with Crippen LogP contribution in [0.2, 0.25) is 0 Å². The van der Waals surface area contributed by atoms with E-state index in [0.717, 1.165) is 16.1 Å². The van der Waals surface area contributed by atoms with Gasteiger partial charge in [0.25, 0.3) is 0 Å². The van der Waals surface area contributed by atoms with Crippen LogP contribution in [0.25, 0.3) is 0 Å². The van der Waals surface area contributed by atoms with E-state index in [1.807, 2.05) is 0 Å². The normalized spacial score (nSPS) is 10.3. The second-order valence-electron chi connectivity index (χ2n) is 3.18. The summed E-state index contributed by atoms with van der Waals surface area (Å²) in [4.78, 5) is 0. The summed E-state index contributed by atoms with van der Waals surface area (Å²) in [5.41, 5.74) is 4.19. The summed E-state index contributed by atoms with van der Waals surface area (Å²) in [6, 6.07) is 6.32. The molecule has 15 heavy (non-hydrogen) atoms. The Morgan fingerprint density at radius 2 is 2.33 bits per heavy atom. The van der Waals surface area contributed by atoms with E-state index in [1.54, 1.807) is 5.51 Å². The van der Waals surface area contributed by atoms with Gasteiger partial charge in [-0.3, -0.25) is 0 Å². The number of anilines is 1. The van der Waals surface area contributed by atoms with Crippen LogP contribution in [0.15, 0.2) is 28.2 Å². The zero-order valence-electron chi connectivity index (χ0n) is 8.20. The third-order valence-electron chi connectivity index (χ3n) is 2.04. The largest absolute Gasteiger partial charge is 0.356 e. The van der Waals surface area contributed by atoms with Crippen LogP contribution in [0.4, 0.5) is 5.13 Å². The Labute approximate surface area is 101 Å². The van der Waals surface area contributed by atoms with E-state index in [0.29, 0.717) is 0 Å². The Bertz CT molecular complexity index is 442. The number of aryl methyl sites for hydroxylation is 1. The minimum absolute atomic E-state index is 0.772. The number of hydrogen-bond donors (Lipinski definition) is 1. The molecule has 0 unspecified atom stereocenters. The summed E-state index contributed by atoms with van der Waals surface area (Å²) in [6.45, 7) is 2.85. The molecule has 1 heterocycles. The molecular formula is C10H10BrN3S. The maximum Gasteiger partial charge on any atom is 0.205 e. The highest BCUT2D eigenvalue weighted by atomic mass is 79.9. The number of hydrogen-bond acceptors (Lipinski definition) is 4. The van der Waals surface area contributed by atoms with Gasteiger partial charge in [0.1, 0.15) is 5.51 Å². The fraction of sp³-hybridized carbons (Fsp3) is 0.200. The summed E-state index contributed by atoms with van der Waals surface area (Å²) in [5, 5.41) is 11.7. The summed E-state index contributed by atoms with van der Waals surface area (Å²) in [7, 11) is 0. The maximum absolute atomic E-state index is 3.92. The Morgan fingerprint density at radius 1 is 1.47 bits per heavy atom. The third-order valence-corrected chi connectivity index (χ3v) is 3.54. The minimum Gasteiger partial charge on any atom is -0.356 e. The van der Waals surface area contributed by atoms with Crippen LogP contribution in [0.3, 0.4) is 0 Å². The number of halogens is 1. The van der Waals surface area contributed by atoms with Gasteiger partial charge in [-0.1, -0.05) is 39.4 Å². The average molecular weight is 284 g/mol. The van der Waals surface area contributed by atoms with Crippen molar-refractivity contribution in [2.75, 3.05) is 5.32 Å². The smallest absolute Gasteiger partial charge is 0.205 e. The van der Waals surface area contributed by atoms with Crippen molar-refractivity contribution in [3.8, 4) is 0 Å². The van der Waals surface area contributed by atoms with Crippen LogP contribution < -0.4 is 5.32 Å². The second kappa shape index (κ2) is 4.72. The molecule has 0 fully saturated rings. The molecule has 2 aromatic rings. The van der Waals surface area contributed by atoms with Crippen molar-refractivity contribution in [2.45, 2.75) is 13.5 Å². The molecule has 1 N–H and O–H groups in total. The van der Waals surface area contributed by atoms with Crippen molar-refractivity contribution in [1.29, 1.82) is 0 Å². The van der Waals surface area contributed by atoms with Crippen LogP contribution in [-0.2, 0) is 6.54 Å². The van der Waals surface area contributed by atoms with Gasteiger partial charge < -0.3 is 5.32 Å². The van der Waals surface area contributed by atoms with Gasteiger partial charge in [-0.05, 0) is 24.1 Å². The molecule has 2 rings (SSSR count). The van der Waals surface area contributed by atoms with Gasteiger partial charge in [-0.15, -0.1) is 10.2 Å². The predicted molar refractivity (Wildman–Crippen MR) is 66.1 cm³/mol. The molecule has 3 nitrogen and oxygen atoms in total. The Hall–Kier alpha value is -0.940. The lowest BCUT2D eigenvalue weighted by atomic mass is 10.1. The highest BCUT2D eigenvalue weighted by Gasteiger charge is 1.99. The predicted octanol–water partition coefficient (Wildman–Crippen LogP) is 3.22. The molecule has 0 spiro atoms. The van der Waals surface area contributed by atoms with Gasteiger partial charge in [0.05, 0.1) is 0 Å². The highest BCUT2D eigenvalue weighted by Crippen LogP contribution is 2.18. The average Bonchev–Trinajstić information content (AvgIpc) is 2.73. The van der Waals surface area contributed by atoms with E-state index in [4.69, 9.17) is 0 Å². The van der Waals surface area contributed by atoms with Crippen molar-refractivity contribution < 1.29 is 0 Å². The first-order valence-corrected chi connectivity index (χ1v) is 6.18. The summed E-state index contributed by atoms with van der Waals surface area (Å²) in [5.74, 6) is 0. The Kier molecular flexibility index (Phi) is 3.33. The van der Waals surface area contributed by atoms with E-state index < -0.39 is 0 Å². The molecule has 1 aromatic heterocycles. The summed E-state index contributed by atoms with van der Waals surface area (Å²) in [6.07, 6.45) is 0. The van der Waals surface area contributed by atoms with Gasteiger partial charge in [-0.2, -0.15) is 0 Å². The lowest BCUT2D eigenvalue weighted by Crippen LogP contribution is -1.99. The molecule has 1 aromatic carbocycles. The molecule has 78 valence electrons. The SMILES string of the molecule is Cc1ccc(CNc2nncs2)cc1Br. The molecule has 0 bridgehead atoms. The molecule has 0 atom stereocenters. The van der Waals surface area contributed by atoms with Gasteiger partial charge in [-0.25, -0.2) is 0 Å². The molecule has 5 heteroatoms. The van der Waals surface area contributed by atoms with Crippen molar-refractivity contribution in [1.82, 2.24) is 10.2 Å².